The molecule has 1 heterocycles. The van der Waals surface area contributed by atoms with Crippen molar-refractivity contribution in [2.75, 3.05) is 4.90 Å². The first-order valence-corrected chi connectivity index (χ1v) is 18.9. The molecule has 0 radical (unpaired) electrons. The Hall–Kier alpha value is -7.49. The third-order valence-electron chi connectivity index (χ3n) is 10.4. The van der Waals surface area contributed by atoms with E-state index in [-0.39, 0.29) is 0 Å². The zero-order valence-electron chi connectivity index (χ0n) is 30.8. The van der Waals surface area contributed by atoms with Crippen molar-refractivity contribution in [2.45, 2.75) is 0 Å². The largest absolute Gasteiger partial charge is 0.353 e. The number of benzene rings is 8. The molecular formula is C53H39N3. The molecule has 0 saturated carbocycles. The van der Waals surface area contributed by atoms with Crippen LogP contribution < -0.4 is 10.2 Å². The van der Waals surface area contributed by atoms with E-state index in [0.717, 1.165) is 67.4 Å². The van der Waals surface area contributed by atoms with Crippen molar-refractivity contribution in [3.8, 4) is 22.3 Å². The summed E-state index contributed by atoms with van der Waals surface area (Å²) in [5.41, 5.74) is 17.2. The molecule has 1 aliphatic heterocycles. The molecule has 0 saturated heterocycles. The Bertz CT molecular complexity index is 2580. The van der Waals surface area contributed by atoms with E-state index >= 15 is 0 Å². The van der Waals surface area contributed by atoms with Gasteiger partial charge in [-0.1, -0.05) is 182 Å². The molecule has 1 aliphatic rings. The van der Waals surface area contributed by atoms with Gasteiger partial charge in [-0.15, -0.1) is 0 Å². The molecule has 266 valence electrons. The van der Waals surface area contributed by atoms with Gasteiger partial charge in [-0.05, 0) is 80.9 Å². The van der Waals surface area contributed by atoms with Crippen molar-refractivity contribution in [1.82, 2.24) is 5.32 Å². The molecule has 3 heteroatoms. The van der Waals surface area contributed by atoms with Crippen LogP contribution in [-0.4, -0.2) is 6.21 Å². The summed E-state index contributed by atoms with van der Waals surface area (Å²) < 4.78 is 0. The maximum absolute atomic E-state index is 8.53. The van der Waals surface area contributed by atoms with Crippen LogP contribution in [0.25, 0.3) is 44.8 Å². The van der Waals surface area contributed by atoms with E-state index in [1.165, 1.54) is 28.5 Å². The number of nitrogens with one attached hydrogen (secondary N) is 2. The minimum absolute atomic E-state index is 0.841. The Balaban J connectivity index is 1.16. The monoisotopic (exact) mass is 717 g/mol. The Labute approximate surface area is 328 Å². The normalized spacial score (nSPS) is 13.0. The number of nitrogens with zero attached hydrogens (tertiary/aromatic N) is 1. The van der Waals surface area contributed by atoms with Crippen molar-refractivity contribution < 1.29 is 0 Å². The Morgan fingerprint density at radius 3 is 1.21 bits per heavy atom. The van der Waals surface area contributed by atoms with E-state index in [9.17, 15) is 0 Å². The lowest BCUT2D eigenvalue weighted by Gasteiger charge is -2.30. The number of fused-ring (bicyclic) bond motifs is 1. The molecular weight excluding hydrogens is 679 g/mol. The molecule has 0 fully saturated rings. The molecule has 0 bridgehead atoms. The fraction of sp³-hybridized carbons (Fsp3) is 0. The lowest BCUT2D eigenvalue weighted by atomic mass is 9.84. The van der Waals surface area contributed by atoms with Gasteiger partial charge in [0.15, 0.2) is 0 Å². The average molecular weight is 718 g/mol. The Morgan fingerprint density at radius 1 is 0.375 bits per heavy atom. The summed E-state index contributed by atoms with van der Waals surface area (Å²) in [6, 6.07) is 76.8. The fourth-order valence-electron chi connectivity index (χ4n) is 7.65. The number of allylic oxidation sites excluding steroid dienone is 1. The highest BCUT2D eigenvalue weighted by molar-refractivity contribution is 6.21. The summed E-state index contributed by atoms with van der Waals surface area (Å²) in [5.74, 6) is 0. The van der Waals surface area contributed by atoms with Crippen LogP contribution in [0.2, 0.25) is 0 Å². The van der Waals surface area contributed by atoms with Crippen LogP contribution in [0.4, 0.5) is 17.1 Å². The number of anilines is 3. The Morgan fingerprint density at radius 2 is 0.750 bits per heavy atom. The van der Waals surface area contributed by atoms with Gasteiger partial charge < -0.3 is 15.6 Å². The molecule has 0 unspecified atom stereocenters. The molecule has 8 aromatic rings. The summed E-state index contributed by atoms with van der Waals surface area (Å²) in [6.07, 6.45) is 1.46. The SMILES string of the molecule is N=C/C(=C1\NC(c2ccccc2)=C(c2ccc(N(c3ccc(-c4ccccc4)cc3)c3ccc(-c4ccccc4)cc3)cc2)c2ccccc21)c1ccccc1. The second kappa shape index (κ2) is 15.5. The first-order valence-electron chi connectivity index (χ1n) is 18.9. The molecule has 0 spiro atoms. The number of hydrogen-bond donors (Lipinski definition) is 2. The van der Waals surface area contributed by atoms with Crippen LogP contribution in [0.5, 0.6) is 0 Å². The minimum Gasteiger partial charge on any atom is -0.353 e. The first-order chi connectivity index (χ1) is 27.7. The van der Waals surface area contributed by atoms with Crippen molar-refractivity contribution in [1.29, 1.82) is 5.41 Å². The predicted molar refractivity (Wildman–Crippen MR) is 236 cm³/mol. The minimum atomic E-state index is 0.841. The fourth-order valence-corrected chi connectivity index (χ4v) is 7.65. The third kappa shape index (κ3) is 6.74. The van der Waals surface area contributed by atoms with Crippen LogP contribution in [0.1, 0.15) is 27.8 Å². The van der Waals surface area contributed by atoms with Crippen LogP contribution in [0, 0.1) is 5.41 Å². The van der Waals surface area contributed by atoms with Crippen LogP contribution in [0.3, 0.4) is 0 Å². The summed E-state index contributed by atoms with van der Waals surface area (Å²) in [6.45, 7) is 0. The van der Waals surface area contributed by atoms with Crippen LogP contribution in [0.15, 0.2) is 218 Å². The van der Waals surface area contributed by atoms with E-state index < -0.39 is 0 Å². The average Bonchev–Trinajstić information content (AvgIpc) is 3.28. The third-order valence-corrected chi connectivity index (χ3v) is 10.4. The summed E-state index contributed by atoms with van der Waals surface area (Å²) in [4.78, 5) is 2.32. The molecule has 8 aromatic carbocycles. The Kier molecular flexibility index (Phi) is 9.47. The van der Waals surface area contributed by atoms with E-state index in [1.807, 2.05) is 24.3 Å². The molecule has 0 amide bonds. The molecule has 0 atom stereocenters. The van der Waals surface area contributed by atoms with Gasteiger partial charge in [-0.25, -0.2) is 0 Å². The van der Waals surface area contributed by atoms with Gasteiger partial charge >= 0.3 is 0 Å². The molecule has 9 rings (SSSR count). The lowest BCUT2D eigenvalue weighted by Crippen LogP contribution is -2.21. The summed E-state index contributed by atoms with van der Waals surface area (Å²) in [7, 11) is 0. The van der Waals surface area contributed by atoms with Gasteiger partial charge in [0, 0.05) is 40.0 Å². The van der Waals surface area contributed by atoms with Gasteiger partial charge in [0.25, 0.3) is 0 Å². The smallest absolute Gasteiger partial charge is 0.0559 e. The van der Waals surface area contributed by atoms with E-state index in [4.69, 9.17) is 5.41 Å². The van der Waals surface area contributed by atoms with Gasteiger partial charge in [0.2, 0.25) is 0 Å². The van der Waals surface area contributed by atoms with E-state index in [1.54, 1.807) is 0 Å². The highest BCUT2D eigenvalue weighted by Crippen LogP contribution is 2.43. The lowest BCUT2D eigenvalue weighted by molar-refractivity contribution is 1.20. The maximum atomic E-state index is 8.53. The van der Waals surface area contributed by atoms with Gasteiger partial charge in [-0.3, -0.25) is 0 Å². The topological polar surface area (TPSA) is 39.1 Å². The highest BCUT2D eigenvalue weighted by Gasteiger charge is 2.27. The maximum Gasteiger partial charge on any atom is 0.0559 e. The van der Waals surface area contributed by atoms with Crippen molar-refractivity contribution in [3.63, 3.8) is 0 Å². The van der Waals surface area contributed by atoms with Crippen molar-refractivity contribution in [3.05, 3.63) is 246 Å². The second-order valence-electron chi connectivity index (χ2n) is 13.8. The van der Waals surface area contributed by atoms with Gasteiger partial charge in [0.1, 0.15) is 0 Å². The summed E-state index contributed by atoms with van der Waals surface area (Å²) >= 11 is 0. The molecule has 0 aromatic heterocycles. The van der Waals surface area contributed by atoms with E-state index in [0.29, 0.717) is 0 Å². The van der Waals surface area contributed by atoms with Crippen molar-refractivity contribution in [2.24, 2.45) is 0 Å². The zero-order chi connectivity index (χ0) is 37.7. The van der Waals surface area contributed by atoms with Crippen LogP contribution >= 0.6 is 0 Å². The molecule has 56 heavy (non-hydrogen) atoms. The second-order valence-corrected chi connectivity index (χ2v) is 13.8. The molecule has 2 N–H and O–H groups in total. The van der Waals surface area contributed by atoms with Gasteiger partial charge in [-0.2, -0.15) is 0 Å². The molecule has 0 aliphatic carbocycles. The first kappa shape index (κ1) is 34.3. The highest BCUT2D eigenvalue weighted by atomic mass is 15.1. The number of rotatable bonds is 9. The number of hydrogen-bond acceptors (Lipinski definition) is 3. The zero-order valence-corrected chi connectivity index (χ0v) is 30.8. The predicted octanol–water partition coefficient (Wildman–Crippen LogP) is 13.5. The van der Waals surface area contributed by atoms with Crippen molar-refractivity contribution >= 4 is 45.8 Å². The summed E-state index contributed by atoms with van der Waals surface area (Å²) in [5, 5.41) is 12.4. The quantitative estimate of drug-likeness (QED) is 0.146. The van der Waals surface area contributed by atoms with E-state index in [2.05, 4.69) is 204 Å². The standard InChI is InChI=1S/C53H39N3/c54-37-50(42-19-9-3-10-20-42)53-49-24-14-13-23-48(49)51(52(55-53)44-21-11-4-12-22-44)43-29-35-47(36-30-43)56(45-31-25-40(26-32-45)38-15-5-1-6-16-38)46-33-27-41(28-34-46)39-17-7-2-8-18-39/h1-37,54-55H/b53-50+,54-37?. The molecule has 3 nitrogen and oxygen atoms in total. The van der Waals surface area contributed by atoms with Crippen LogP contribution in [-0.2, 0) is 0 Å². The van der Waals surface area contributed by atoms with Gasteiger partial charge in [0.05, 0.1) is 11.4 Å².